The Morgan fingerprint density at radius 1 is 1.06 bits per heavy atom. The molecule has 4 rings (SSSR count). The summed E-state index contributed by atoms with van der Waals surface area (Å²) in [5.74, 6) is 0.479. The van der Waals surface area contributed by atoms with Gasteiger partial charge in [-0.1, -0.05) is 57.2 Å². The summed E-state index contributed by atoms with van der Waals surface area (Å²) in [6.07, 6.45) is 0. The lowest BCUT2D eigenvalue weighted by Crippen LogP contribution is -2.21. The molecule has 1 atom stereocenters. The first-order chi connectivity index (χ1) is 16.7. The highest BCUT2D eigenvalue weighted by molar-refractivity contribution is 5.91. The molecule has 0 saturated carbocycles. The fourth-order valence-electron chi connectivity index (χ4n) is 4.10. The molecule has 0 aromatic heterocycles. The molecule has 0 fully saturated rings. The summed E-state index contributed by atoms with van der Waals surface area (Å²) in [7, 11) is 0. The summed E-state index contributed by atoms with van der Waals surface area (Å²) >= 11 is 0. The molecule has 0 aliphatic carbocycles. The first-order valence-corrected chi connectivity index (χ1v) is 11.5. The Labute approximate surface area is 205 Å². The van der Waals surface area contributed by atoms with Crippen molar-refractivity contribution in [1.29, 1.82) is 5.26 Å². The van der Waals surface area contributed by atoms with Gasteiger partial charge in [0.05, 0.1) is 18.1 Å². The topological polar surface area (TPSA) is 94.6 Å². The fourth-order valence-corrected chi connectivity index (χ4v) is 4.10. The van der Waals surface area contributed by atoms with E-state index in [1.165, 1.54) is 0 Å². The standard InChI is InChI=1S/C29H28N2O4/c1-5-33-24-9-7-6-8-21(24)26-22-15-14-20(16-25(22)35-27(31)23(26)17-30)34-28(32)18-10-12-19(13-11-18)29(2,3)4/h6-16,26H,5,31H2,1-4H3. The van der Waals surface area contributed by atoms with Gasteiger partial charge in [-0.25, -0.2) is 4.79 Å². The molecule has 1 unspecified atom stereocenters. The number of rotatable bonds is 5. The molecule has 6 nitrogen and oxygen atoms in total. The lowest BCUT2D eigenvalue weighted by molar-refractivity contribution is 0.0734. The van der Waals surface area contributed by atoms with Crippen LogP contribution in [0, 0.1) is 11.3 Å². The van der Waals surface area contributed by atoms with Gasteiger partial charge in [-0.3, -0.25) is 0 Å². The zero-order valence-electron chi connectivity index (χ0n) is 20.3. The Morgan fingerprint density at radius 2 is 1.77 bits per heavy atom. The maximum absolute atomic E-state index is 12.8. The Bertz CT molecular complexity index is 1330. The molecule has 1 aliphatic heterocycles. The molecule has 0 bridgehead atoms. The van der Waals surface area contributed by atoms with Crippen molar-refractivity contribution in [1.82, 2.24) is 0 Å². The second-order valence-electron chi connectivity index (χ2n) is 9.31. The predicted octanol–water partition coefficient (Wildman–Crippen LogP) is 5.82. The smallest absolute Gasteiger partial charge is 0.343 e. The number of nitrogens with zero attached hydrogens (tertiary/aromatic N) is 1. The predicted molar refractivity (Wildman–Crippen MR) is 133 cm³/mol. The van der Waals surface area contributed by atoms with Gasteiger partial charge in [0.15, 0.2) is 0 Å². The van der Waals surface area contributed by atoms with Crippen LogP contribution in [-0.4, -0.2) is 12.6 Å². The van der Waals surface area contributed by atoms with Gasteiger partial charge in [0, 0.05) is 17.2 Å². The largest absolute Gasteiger partial charge is 0.494 e. The molecule has 1 aliphatic rings. The van der Waals surface area contributed by atoms with Gasteiger partial charge in [-0.05, 0) is 42.2 Å². The number of para-hydroxylation sites is 1. The average Bonchev–Trinajstić information content (AvgIpc) is 2.83. The van der Waals surface area contributed by atoms with Crippen LogP contribution >= 0.6 is 0 Å². The molecule has 0 spiro atoms. The van der Waals surface area contributed by atoms with Crippen LogP contribution in [0.15, 0.2) is 78.2 Å². The molecular formula is C29H28N2O4. The number of carbonyl (C=O) groups excluding carboxylic acids is 1. The molecule has 35 heavy (non-hydrogen) atoms. The van der Waals surface area contributed by atoms with Crippen LogP contribution < -0.4 is 19.9 Å². The van der Waals surface area contributed by atoms with E-state index in [0.29, 0.717) is 35.0 Å². The first-order valence-electron chi connectivity index (χ1n) is 11.5. The van der Waals surface area contributed by atoms with Gasteiger partial charge in [-0.15, -0.1) is 0 Å². The van der Waals surface area contributed by atoms with Crippen LogP contribution in [0.5, 0.6) is 17.2 Å². The second-order valence-corrected chi connectivity index (χ2v) is 9.31. The fraction of sp³-hybridized carbons (Fsp3) is 0.241. The third-order valence-electron chi connectivity index (χ3n) is 5.92. The van der Waals surface area contributed by atoms with Crippen LogP contribution in [0.2, 0.25) is 0 Å². The first kappa shape index (κ1) is 23.9. The van der Waals surface area contributed by atoms with E-state index in [-0.39, 0.29) is 11.3 Å². The number of allylic oxidation sites excluding steroid dienone is 1. The molecule has 178 valence electrons. The van der Waals surface area contributed by atoms with Crippen molar-refractivity contribution in [2.45, 2.75) is 39.0 Å². The average molecular weight is 469 g/mol. The van der Waals surface area contributed by atoms with E-state index in [2.05, 4.69) is 26.8 Å². The molecule has 0 radical (unpaired) electrons. The highest BCUT2D eigenvalue weighted by atomic mass is 16.5. The van der Waals surface area contributed by atoms with Gasteiger partial charge in [0.2, 0.25) is 5.88 Å². The third kappa shape index (κ3) is 4.85. The number of benzene rings is 3. The highest BCUT2D eigenvalue weighted by Gasteiger charge is 2.33. The number of hydrogen-bond acceptors (Lipinski definition) is 6. The highest BCUT2D eigenvalue weighted by Crippen LogP contribution is 2.45. The van der Waals surface area contributed by atoms with Crippen molar-refractivity contribution < 1.29 is 19.0 Å². The number of ether oxygens (including phenoxy) is 3. The number of nitrogens with two attached hydrogens (primary N) is 1. The minimum atomic E-state index is -0.472. The molecule has 6 heteroatoms. The summed E-state index contributed by atoms with van der Waals surface area (Å²) in [6.45, 7) is 8.74. The van der Waals surface area contributed by atoms with Gasteiger partial charge in [0.1, 0.15) is 28.9 Å². The molecule has 0 saturated heterocycles. The van der Waals surface area contributed by atoms with E-state index in [9.17, 15) is 10.1 Å². The van der Waals surface area contributed by atoms with Crippen molar-refractivity contribution in [2.24, 2.45) is 5.73 Å². The van der Waals surface area contributed by atoms with Gasteiger partial charge in [-0.2, -0.15) is 5.26 Å². The summed E-state index contributed by atoms with van der Waals surface area (Å²) in [6, 6.07) is 22.2. The molecule has 0 amide bonds. The van der Waals surface area contributed by atoms with Crippen molar-refractivity contribution in [3.63, 3.8) is 0 Å². The zero-order valence-corrected chi connectivity index (χ0v) is 20.3. The molecule has 3 aromatic carbocycles. The number of esters is 1. The van der Waals surface area contributed by atoms with Crippen LogP contribution in [0.4, 0.5) is 0 Å². The monoisotopic (exact) mass is 468 g/mol. The Morgan fingerprint density at radius 3 is 2.43 bits per heavy atom. The van der Waals surface area contributed by atoms with E-state index in [0.717, 1.165) is 16.7 Å². The molecule has 2 N–H and O–H groups in total. The minimum absolute atomic E-state index is 0.00861. The van der Waals surface area contributed by atoms with Crippen LogP contribution in [0.1, 0.15) is 60.7 Å². The van der Waals surface area contributed by atoms with Crippen molar-refractivity contribution in [3.05, 3.63) is 100 Å². The number of hydrogen-bond donors (Lipinski definition) is 1. The maximum atomic E-state index is 12.8. The normalized spacial score (nSPS) is 15.0. The van der Waals surface area contributed by atoms with E-state index >= 15 is 0 Å². The number of carbonyl (C=O) groups is 1. The van der Waals surface area contributed by atoms with Crippen LogP contribution in [-0.2, 0) is 5.41 Å². The lowest BCUT2D eigenvalue weighted by Gasteiger charge is -2.27. The summed E-state index contributed by atoms with van der Waals surface area (Å²) in [5.41, 5.74) is 9.55. The number of fused-ring (bicyclic) bond motifs is 1. The molecular weight excluding hydrogens is 440 g/mol. The van der Waals surface area contributed by atoms with Crippen molar-refractivity contribution in [3.8, 4) is 23.3 Å². The van der Waals surface area contributed by atoms with Gasteiger partial charge >= 0.3 is 5.97 Å². The summed E-state index contributed by atoms with van der Waals surface area (Å²) in [5, 5.41) is 9.83. The van der Waals surface area contributed by atoms with Crippen LogP contribution in [0.3, 0.4) is 0 Å². The molecule has 3 aromatic rings. The quantitative estimate of drug-likeness (QED) is 0.374. The Kier molecular flexibility index (Phi) is 6.52. The van der Waals surface area contributed by atoms with Crippen molar-refractivity contribution in [2.75, 3.05) is 6.61 Å². The second kappa shape index (κ2) is 9.55. The summed E-state index contributed by atoms with van der Waals surface area (Å²) in [4.78, 5) is 12.8. The van der Waals surface area contributed by atoms with Crippen LogP contribution in [0.25, 0.3) is 0 Å². The van der Waals surface area contributed by atoms with E-state index in [1.54, 1.807) is 30.3 Å². The summed E-state index contributed by atoms with van der Waals surface area (Å²) < 4.78 is 17.2. The van der Waals surface area contributed by atoms with Gasteiger partial charge < -0.3 is 19.9 Å². The number of nitriles is 1. The molecule has 1 heterocycles. The van der Waals surface area contributed by atoms with E-state index in [1.807, 2.05) is 43.3 Å². The maximum Gasteiger partial charge on any atom is 0.343 e. The van der Waals surface area contributed by atoms with E-state index in [4.69, 9.17) is 19.9 Å². The zero-order chi connectivity index (χ0) is 25.2. The van der Waals surface area contributed by atoms with Gasteiger partial charge in [0.25, 0.3) is 0 Å². The Balaban J connectivity index is 1.66. The third-order valence-corrected chi connectivity index (χ3v) is 5.92. The SMILES string of the molecule is CCOc1ccccc1C1C(C#N)=C(N)Oc2cc(OC(=O)c3ccc(C(C)(C)C)cc3)ccc21. The lowest BCUT2D eigenvalue weighted by atomic mass is 9.83. The van der Waals surface area contributed by atoms with Crippen molar-refractivity contribution >= 4 is 5.97 Å². The van der Waals surface area contributed by atoms with E-state index < -0.39 is 11.9 Å². The Hall–Kier alpha value is -4.24. The minimum Gasteiger partial charge on any atom is -0.494 e.